The van der Waals surface area contributed by atoms with E-state index in [0.717, 1.165) is 18.5 Å². The summed E-state index contributed by atoms with van der Waals surface area (Å²) in [5.41, 5.74) is 0.975. The minimum atomic E-state index is -0.790. The number of amides is 3. The Labute approximate surface area is 149 Å². The van der Waals surface area contributed by atoms with Crippen LogP contribution in [0.15, 0.2) is 11.1 Å². The van der Waals surface area contributed by atoms with Crippen molar-refractivity contribution in [3.63, 3.8) is 0 Å². The van der Waals surface area contributed by atoms with Crippen molar-refractivity contribution >= 4 is 29.7 Å². The van der Waals surface area contributed by atoms with Crippen molar-refractivity contribution in [1.82, 2.24) is 15.6 Å². The van der Waals surface area contributed by atoms with E-state index >= 15 is 0 Å². The number of aromatic nitrogens is 1. The summed E-state index contributed by atoms with van der Waals surface area (Å²) < 4.78 is 4.95. The highest BCUT2D eigenvalue weighted by Crippen LogP contribution is 2.40. The normalized spacial score (nSPS) is 12.8. The Balaban J connectivity index is 2.10. The van der Waals surface area contributed by atoms with Gasteiger partial charge in [-0.2, -0.15) is 5.26 Å². The van der Waals surface area contributed by atoms with Crippen LogP contribution < -0.4 is 10.6 Å². The number of nitriles is 1. The number of ether oxygens (including phenoxy) is 1. The van der Waals surface area contributed by atoms with Gasteiger partial charge in [0.05, 0.1) is 11.1 Å². The van der Waals surface area contributed by atoms with Crippen molar-refractivity contribution in [2.45, 2.75) is 30.7 Å². The number of nitrogens with zero attached hydrogens (tertiary/aromatic N) is 2. The molecule has 0 aromatic carbocycles. The second-order valence-corrected chi connectivity index (χ2v) is 6.14. The van der Waals surface area contributed by atoms with Crippen LogP contribution in [0, 0.1) is 11.3 Å². The highest BCUT2D eigenvalue weighted by molar-refractivity contribution is 7.98. The highest BCUT2D eigenvalue weighted by Gasteiger charge is 2.29. The van der Waals surface area contributed by atoms with Gasteiger partial charge in [0.15, 0.2) is 6.61 Å². The zero-order valence-corrected chi connectivity index (χ0v) is 14.7. The van der Waals surface area contributed by atoms with Gasteiger partial charge < -0.3 is 10.1 Å². The summed E-state index contributed by atoms with van der Waals surface area (Å²) in [5, 5.41) is 14.2. The molecule has 0 radical (unpaired) electrons. The molecule has 132 valence electrons. The number of pyridine rings is 1. The molecule has 8 nitrogen and oxygen atoms in total. The molecule has 1 aliphatic carbocycles. The zero-order valence-electron chi connectivity index (χ0n) is 13.9. The summed E-state index contributed by atoms with van der Waals surface area (Å²) in [7, 11) is 0. The molecule has 0 bridgehead atoms. The molecule has 9 heteroatoms. The highest BCUT2D eigenvalue weighted by atomic mass is 32.2. The Kier molecular flexibility index (Phi) is 6.36. The van der Waals surface area contributed by atoms with Crippen LogP contribution in [0.25, 0.3) is 0 Å². The van der Waals surface area contributed by atoms with Crippen LogP contribution in [0.2, 0.25) is 0 Å². The number of imide groups is 1. The molecule has 3 amide bonds. The lowest BCUT2D eigenvalue weighted by Crippen LogP contribution is -2.41. The molecule has 1 heterocycles. The van der Waals surface area contributed by atoms with Crippen LogP contribution in [0.3, 0.4) is 0 Å². The largest absolute Gasteiger partial charge is 0.452 e. The third-order valence-corrected chi connectivity index (χ3v) is 4.13. The monoisotopic (exact) mass is 362 g/mol. The third-order valence-electron chi connectivity index (χ3n) is 3.45. The molecule has 1 fully saturated rings. The number of esters is 1. The predicted molar refractivity (Wildman–Crippen MR) is 90.2 cm³/mol. The van der Waals surface area contributed by atoms with E-state index in [1.54, 1.807) is 19.2 Å². The van der Waals surface area contributed by atoms with Crippen LogP contribution in [0.1, 0.15) is 47.3 Å². The average molecular weight is 362 g/mol. The Bertz CT molecular complexity index is 740. The van der Waals surface area contributed by atoms with Crippen molar-refractivity contribution in [3.8, 4) is 6.07 Å². The molecule has 2 N–H and O–H groups in total. The minimum Gasteiger partial charge on any atom is -0.452 e. The summed E-state index contributed by atoms with van der Waals surface area (Å²) in [6.07, 6.45) is 3.76. The predicted octanol–water partition coefficient (Wildman–Crippen LogP) is 1.56. The number of rotatable bonds is 6. The minimum absolute atomic E-state index is 0.0922. The molecule has 1 saturated carbocycles. The lowest BCUT2D eigenvalue weighted by molar-refractivity contribution is -0.123. The van der Waals surface area contributed by atoms with Crippen molar-refractivity contribution in [3.05, 3.63) is 22.9 Å². The quantitative estimate of drug-likeness (QED) is 0.582. The van der Waals surface area contributed by atoms with E-state index in [1.165, 1.54) is 11.8 Å². The standard InChI is InChI=1S/C16H18N4O4S/c1-3-18-16(23)20-13(21)8-24-15(22)10-6-12(9-4-5-9)19-14(25-2)11(10)7-17/h6,9H,3-5,8H2,1-2H3,(H2,18,20,21,23). The van der Waals surface area contributed by atoms with Gasteiger partial charge in [-0.1, -0.05) is 0 Å². The second kappa shape index (κ2) is 8.48. The molecule has 1 aliphatic rings. The van der Waals surface area contributed by atoms with Crippen LogP contribution in [-0.2, 0) is 9.53 Å². The Hall–Kier alpha value is -2.60. The SMILES string of the molecule is CCNC(=O)NC(=O)COC(=O)c1cc(C2CC2)nc(SC)c1C#N. The van der Waals surface area contributed by atoms with Gasteiger partial charge in [0.2, 0.25) is 0 Å². The maximum absolute atomic E-state index is 12.3. The van der Waals surface area contributed by atoms with E-state index in [1.807, 2.05) is 11.4 Å². The van der Waals surface area contributed by atoms with E-state index in [0.29, 0.717) is 17.5 Å². The first kappa shape index (κ1) is 18.7. The van der Waals surface area contributed by atoms with Gasteiger partial charge >= 0.3 is 12.0 Å². The molecule has 0 spiro atoms. The maximum Gasteiger partial charge on any atom is 0.340 e. The third kappa shape index (κ3) is 4.93. The van der Waals surface area contributed by atoms with E-state index in [4.69, 9.17) is 4.74 Å². The first-order valence-corrected chi connectivity index (χ1v) is 8.96. The average Bonchev–Trinajstić information content (AvgIpc) is 3.43. The zero-order chi connectivity index (χ0) is 18.4. The summed E-state index contributed by atoms with van der Waals surface area (Å²) in [6, 6.07) is 2.86. The Morgan fingerprint density at radius 1 is 1.44 bits per heavy atom. The van der Waals surface area contributed by atoms with E-state index in [-0.39, 0.29) is 11.1 Å². The molecule has 1 aromatic rings. The van der Waals surface area contributed by atoms with Crippen LogP contribution in [0.5, 0.6) is 0 Å². The molecular formula is C16H18N4O4S. The summed E-state index contributed by atoms with van der Waals surface area (Å²) in [4.78, 5) is 39.6. The van der Waals surface area contributed by atoms with Gasteiger partial charge in [0.25, 0.3) is 5.91 Å². The molecule has 0 aliphatic heterocycles. The number of nitrogens with one attached hydrogen (secondary N) is 2. The molecule has 25 heavy (non-hydrogen) atoms. The van der Waals surface area contributed by atoms with Crippen molar-refractivity contribution in [1.29, 1.82) is 5.26 Å². The smallest absolute Gasteiger partial charge is 0.340 e. The van der Waals surface area contributed by atoms with E-state index < -0.39 is 24.5 Å². The number of carbonyl (C=O) groups is 3. The molecular weight excluding hydrogens is 344 g/mol. The number of thioether (sulfide) groups is 1. The summed E-state index contributed by atoms with van der Waals surface area (Å²) in [6.45, 7) is 1.46. The number of hydrogen-bond donors (Lipinski definition) is 2. The van der Waals surface area contributed by atoms with Gasteiger partial charge in [-0.15, -0.1) is 11.8 Å². The van der Waals surface area contributed by atoms with Crippen LogP contribution in [-0.4, -0.2) is 42.3 Å². The fourth-order valence-electron chi connectivity index (χ4n) is 2.12. The summed E-state index contributed by atoms with van der Waals surface area (Å²) in [5.74, 6) is -1.24. The lowest BCUT2D eigenvalue weighted by atomic mass is 10.1. The first-order valence-electron chi connectivity index (χ1n) is 7.74. The van der Waals surface area contributed by atoms with Gasteiger partial charge in [0.1, 0.15) is 11.1 Å². The second-order valence-electron chi connectivity index (χ2n) is 5.35. The van der Waals surface area contributed by atoms with Crippen LogP contribution in [0.4, 0.5) is 4.79 Å². The molecule has 0 saturated heterocycles. The summed E-state index contributed by atoms with van der Waals surface area (Å²) >= 11 is 1.28. The van der Waals surface area contributed by atoms with Gasteiger partial charge in [-0.25, -0.2) is 14.6 Å². The number of carbonyl (C=O) groups excluding carboxylic acids is 3. The van der Waals surface area contributed by atoms with Crippen LogP contribution >= 0.6 is 11.8 Å². The van der Waals surface area contributed by atoms with E-state index in [9.17, 15) is 19.6 Å². The van der Waals surface area contributed by atoms with Gasteiger partial charge in [-0.3, -0.25) is 10.1 Å². The van der Waals surface area contributed by atoms with Crippen molar-refractivity contribution in [2.75, 3.05) is 19.4 Å². The Morgan fingerprint density at radius 3 is 2.72 bits per heavy atom. The first-order chi connectivity index (χ1) is 12.0. The van der Waals surface area contributed by atoms with Crippen molar-refractivity contribution in [2.24, 2.45) is 0 Å². The van der Waals surface area contributed by atoms with Gasteiger partial charge in [0, 0.05) is 18.2 Å². The topological polar surface area (TPSA) is 121 Å². The Morgan fingerprint density at radius 2 is 2.16 bits per heavy atom. The fraction of sp³-hybridized carbons (Fsp3) is 0.438. The fourth-order valence-corrected chi connectivity index (χ4v) is 2.68. The molecule has 2 rings (SSSR count). The lowest BCUT2D eigenvalue weighted by Gasteiger charge is -2.10. The number of hydrogen-bond acceptors (Lipinski definition) is 7. The van der Waals surface area contributed by atoms with E-state index in [2.05, 4.69) is 10.3 Å². The molecule has 0 unspecified atom stereocenters. The van der Waals surface area contributed by atoms with Gasteiger partial charge in [-0.05, 0) is 32.1 Å². The maximum atomic E-state index is 12.3. The number of urea groups is 1. The van der Waals surface area contributed by atoms with Crippen molar-refractivity contribution < 1.29 is 19.1 Å². The molecule has 0 atom stereocenters. The molecule has 1 aromatic heterocycles.